The molecule has 0 fully saturated rings. The highest BCUT2D eigenvalue weighted by Crippen LogP contribution is 2.47. The molecule has 0 aromatic heterocycles. The summed E-state index contributed by atoms with van der Waals surface area (Å²) in [7, 11) is 0. The van der Waals surface area contributed by atoms with Gasteiger partial charge < -0.3 is 4.74 Å². The van der Waals surface area contributed by atoms with E-state index in [-0.39, 0.29) is 17.5 Å². The summed E-state index contributed by atoms with van der Waals surface area (Å²) in [6, 6.07) is 7.20. The molecule has 0 saturated heterocycles. The van der Waals surface area contributed by atoms with Crippen LogP contribution in [0.15, 0.2) is 46.9 Å². The molecular weight excluding hydrogens is 304 g/mol. The van der Waals surface area contributed by atoms with E-state index in [9.17, 15) is 14.4 Å². The van der Waals surface area contributed by atoms with Gasteiger partial charge in [-0.1, -0.05) is 18.2 Å². The third kappa shape index (κ3) is 2.33. The van der Waals surface area contributed by atoms with Crippen LogP contribution in [0.3, 0.4) is 0 Å². The molecule has 0 bridgehead atoms. The Hall–Kier alpha value is -2.49. The van der Waals surface area contributed by atoms with Crippen LogP contribution in [0, 0.1) is 0 Å². The van der Waals surface area contributed by atoms with E-state index in [2.05, 4.69) is 0 Å². The summed E-state index contributed by atoms with van der Waals surface area (Å²) in [4.78, 5) is 36.4. The molecule has 4 heteroatoms. The van der Waals surface area contributed by atoms with Gasteiger partial charge in [-0.15, -0.1) is 0 Å². The molecule has 0 unspecified atom stereocenters. The van der Waals surface area contributed by atoms with E-state index in [1.54, 1.807) is 18.2 Å². The van der Waals surface area contributed by atoms with Crippen molar-refractivity contribution in [1.29, 1.82) is 0 Å². The zero-order valence-electron chi connectivity index (χ0n) is 13.3. The Kier molecular flexibility index (Phi) is 3.68. The second kappa shape index (κ2) is 5.86. The SMILES string of the molecule is O=Cc1cccc(C2C3=C(CCCC3=O)OC3=C2C(=O)CCC3)c1. The number of allylic oxidation sites excluding steroid dienone is 4. The lowest BCUT2D eigenvalue weighted by Gasteiger charge is -2.36. The second-order valence-electron chi connectivity index (χ2n) is 6.55. The van der Waals surface area contributed by atoms with Crippen LogP contribution in [0.25, 0.3) is 0 Å². The first-order chi connectivity index (χ1) is 11.7. The van der Waals surface area contributed by atoms with Crippen molar-refractivity contribution in [1.82, 2.24) is 0 Å². The van der Waals surface area contributed by atoms with E-state index in [0.717, 1.165) is 49.1 Å². The van der Waals surface area contributed by atoms with Crippen LogP contribution in [0.1, 0.15) is 60.4 Å². The summed E-state index contributed by atoms with van der Waals surface area (Å²) in [5.74, 6) is 1.18. The van der Waals surface area contributed by atoms with E-state index < -0.39 is 0 Å². The Morgan fingerprint density at radius 3 is 2.12 bits per heavy atom. The fourth-order valence-electron chi connectivity index (χ4n) is 3.96. The Morgan fingerprint density at radius 1 is 0.917 bits per heavy atom. The summed E-state index contributed by atoms with van der Waals surface area (Å²) in [6.45, 7) is 0. The highest BCUT2D eigenvalue weighted by molar-refractivity contribution is 6.05. The zero-order valence-corrected chi connectivity index (χ0v) is 13.3. The average Bonchev–Trinajstić information content (AvgIpc) is 2.60. The minimum absolute atomic E-state index is 0.0580. The van der Waals surface area contributed by atoms with Crippen LogP contribution in [0.4, 0.5) is 0 Å². The molecule has 0 atom stereocenters. The molecule has 4 rings (SSSR count). The molecule has 3 aliphatic rings. The summed E-state index contributed by atoms with van der Waals surface area (Å²) in [5, 5.41) is 0. The first-order valence-electron chi connectivity index (χ1n) is 8.44. The highest BCUT2D eigenvalue weighted by atomic mass is 16.5. The Bertz CT molecular complexity index is 771. The molecule has 1 aliphatic heterocycles. The van der Waals surface area contributed by atoms with Gasteiger partial charge in [0.25, 0.3) is 0 Å². The molecule has 2 aliphatic carbocycles. The molecule has 1 aromatic rings. The van der Waals surface area contributed by atoms with Gasteiger partial charge in [0.05, 0.1) is 0 Å². The largest absolute Gasteiger partial charge is 0.465 e. The maximum Gasteiger partial charge on any atom is 0.163 e. The van der Waals surface area contributed by atoms with Crippen molar-refractivity contribution in [3.05, 3.63) is 58.1 Å². The Balaban J connectivity index is 1.92. The fourth-order valence-corrected chi connectivity index (χ4v) is 3.96. The second-order valence-corrected chi connectivity index (χ2v) is 6.55. The number of carbonyl (C=O) groups is 3. The first-order valence-corrected chi connectivity index (χ1v) is 8.44. The van der Waals surface area contributed by atoms with Crippen molar-refractivity contribution in [2.24, 2.45) is 0 Å². The minimum atomic E-state index is -0.385. The van der Waals surface area contributed by atoms with Gasteiger partial charge in [0.15, 0.2) is 11.6 Å². The standard InChI is InChI=1S/C20H18O4/c21-11-12-4-1-5-13(10-12)18-19-14(22)6-2-8-16(19)24-17-9-3-7-15(23)20(17)18/h1,4-5,10-11,18H,2-3,6-9H2. The van der Waals surface area contributed by atoms with Gasteiger partial charge in [0.1, 0.15) is 17.8 Å². The third-order valence-electron chi connectivity index (χ3n) is 5.02. The van der Waals surface area contributed by atoms with E-state index >= 15 is 0 Å². The number of hydrogen-bond acceptors (Lipinski definition) is 4. The summed E-state index contributed by atoms with van der Waals surface area (Å²) in [6.07, 6.45) is 4.81. The molecule has 0 saturated carbocycles. The van der Waals surface area contributed by atoms with E-state index in [1.165, 1.54) is 0 Å². The van der Waals surface area contributed by atoms with Gasteiger partial charge in [-0.2, -0.15) is 0 Å². The van der Waals surface area contributed by atoms with Crippen molar-refractivity contribution in [3.8, 4) is 0 Å². The van der Waals surface area contributed by atoms with Gasteiger partial charge in [0.2, 0.25) is 0 Å². The van der Waals surface area contributed by atoms with Gasteiger partial charge in [-0.25, -0.2) is 0 Å². The van der Waals surface area contributed by atoms with E-state index in [1.807, 2.05) is 6.07 Å². The number of carbonyl (C=O) groups excluding carboxylic acids is 3. The first kappa shape index (κ1) is 15.1. The number of Topliss-reactive ketones (excluding diaryl/α,β-unsaturated/α-hetero) is 2. The predicted octanol–water partition coefficient (Wildman–Crippen LogP) is 3.63. The van der Waals surface area contributed by atoms with Crippen LogP contribution in [-0.4, -0.2) is 17.9 Å². The smallest absolute Gasteiger partial charge is 0.163 e. The molecular formula is C20H18O4. The lowest BCUT2D eigenvalue weighted by molar-refractivity contribution is -0.117. The number of hydrogen-bond donors (Lipinski definition) is 0. The fraction of sp³-hybridized carbons (Fsp3) is 0.350. The number of benzene rings is 1. The monoisotopic (exact) mass is 322 g/mol. The van der Waals surface area contributed by atoms with Crippen LogP contribution in [-0.2, 0) is 14.3 Å². The zero-order chi connectivity index (χ0) is 16.7. The van der Waals surface area contributed by atoms with Gasteiger partial charge in [0, 0.05) is 48.3 Å². The minimum Gasteiger partial charge on any atom is -0.465 e. The number of ketones is 2. The molecule has 24 heavy (non-hydrogen) atoms. The van der Waals surface area contributed by atoms with Crippen molar-refractivity contribution in [2.45, 2.75) is 44.4 Å². The topological polar surface area (TPSA) is 60.4 Å². The number of ether oxygens (including phenoxy) is 1. The average molecular weight is 322 g/mol. The number of aldehydes is 1. The van der Waals surface area contributed by atoms with Crippen LogP contribution in [0.5, 0.6) is 0 Å². The van der Waals surface area contributed by atoms with Crippen molar-refractivity contribution < 1.29 is 19.1 Å². The Labute approximate surface area is 140 Å². The maximum atomic E-state index is 12.6. The Morgan fingerprint density at radius 2 is 1.54 bits per heavy atom. The molecule has 1 heterocycles. The molecule has 0 spiro atoms. The van der Waals surface area contributed by atoms with Gasteiger partial charge >= 0.3 is 0 Å². The molecule has 0 N–H and O–H groups in total. The van der Waals surface area contributed by atoms with Gasteiger partial charge in [-0.05, 0) is 24.5 Å². The summed E-state index contributed by atoms with van der Waals surface area (Å²) in [5.41, 5.74) is 2.62. The van der Waals surface area contributed by atoms with E-state index in [0.29, 0.717) is 29.6 Å². The van der Waals surface area contributed by atoms with Crippen molar-refractivity contribution >= 4 is 17.9 Å². The maximum absolute atomic E-state index is 12.6. The predicted molar refractivity (Wildman–Crippen MR) is 87.4 cm³/mol. The highest BCUT2D eigenvalue weighted by Gasteiger charge is 2.41. The quantitative estimate of drug-likeness (QED) is 0.780. The van der Waals surface area contributed by atoms with Crippen LogP contribution < -0.4 is 0 Å². The molecule has 4 nitrogen and oxygen atoms in total. The summed E-state index contributed by atoms with van der Waals surface area (Å²) < 4.78 is 5.99. The number of rotatable bonds is 2. The molecule has 0 radical (unpaired) electrons. The third-order valence-corrected chi connectivity index (χ3v) is 5.02. The van der Waals surface area contributed by atoms with Crippen LogP contribution >= 0.6 is 0 Å². The molecule has 1 aromatic carbocycles. The van der Waals surface area contributed by atoms with Crippen molar-refractivity contribution in [2.75, 3.05) is 0 Å². The normalized spacial score (nSPS) is 21.3. The summed E-state index contributed by atoms with van der Waals surface area (Å²) >= 11 is 0. The molecule has 122 valence electrons. The lowest BCUT2D eigenvalue weighted by atomic mass is 9.73. The van der Waals surface area contributed by atoms with Gasteiger partial charge in [-0.3, -0.25) is 14.4 Å². The van der Waals surface area contributed by atoms with Crippen molar-refractivity contribution in [3.63, 3.8) is 0 Å². The molecule has 0 amide bonds. The lowest BCUT2D eigenvalue weighted by Crippen LogP contribution is -2.30. The van der Waals surface area contributed by atoms with E-state index in [4.69, 9.17) is 4.74 Å². The van der Waals surface area contributed by atoms with Crippen LogP contribution in [0.2, 0.25) is 0 Å².